The fourth-order valence-electron chi connectivity index (χ4n) is 1.97. The highest BCUT2D eigenvalue weighted by Gasteiger charge is 2.33. The van der Waals surface area contributed by atoms with E-state index in [0.717, 1.165) is 0 Å². The number of methoxy groups -OCH3 is 1. The van der Waals surface area contributed by atoms with E-state index in [1.807, 2.05) is 0 Å². The summed E-state index contributed by atoms with van der Waals surface area (Å²) in [5.74, 6) is 0. The Kier molecular flexibility index (Phi) is 3.82. The summed E-state index contributed by atoms with van der Waals surface area (Å²) in [4.78, 5) is 0.0564. The lowest BCUT2D eigenvalue weighted by atomic mass is 10.3. The number of benzene rings is 1. The summed E-state index contributed by atoms with van der Waals surface area (Å²) in [7, 11) is -2.02. The monoisotopic (exact) mass is 290 g/mol. The summed E-state index contributed by atoms with van der Waals surface area (Å²) in [6, 6.07) is 4.45. The fraction of sp³-hybridized carbons (Fsp3) is 0.455. The maximum atomic E-state index is 12.4. The highest BCUT2D eigenvalue weighted by atomic mass is 35.5. The Morgan fingerprint density at radius 3 is 2.83 bits per heavy atom. The van der Waals surface area contributed by atoms with Crippen LogP contribution in [0.2, 0.25) is 5.02 Å². The number of nitrogens with two attached hydrogens (primary N) is 1. The number of nitrogens with zero attached hydrogens (tertiary/aromatic N) is 1. The quantitative estimate of drug-likeness (QED) is 0.853. The average Bonchev–Trinajstić information content (AvgIpc) is 2.81. The van der Waals surface area contributed by atoms with Crippen LogP contribution in [0.3, 0.4) is 0 Å². The number of anilines is 1. The molecule has 0 amide bonds. The van der Waals surface area contributed by atoms with E-state index in [9.17, 15) is 8.42 Å². The third kappa shape index (κ3) is 2.47. The first-order chi connectivity index (χ1) is 8.45. The predicted octanol–water partition coefficient (Wildman–Crippen LogP) is 1.33. The van der Waals surface area contributed by atoms with Crippen LogP contribution in [0.1, 0.15) is 6.42 Å². The fourth-order valence-corrected chi connectivity index (χ4v) is 3.96. The van der Waals surface area contributed by atoms with Crippen molar-refractivity contribution < 1.29 is 13.2 Å². The Hall–Kier alpha value is -0.820. The molecule has 1 aliphatic heterocycles. The highest BCUT2D eigenvalue weighted by molar-refractivity contribution is 7.89. The first-order valence-electron chi connectivity index (χ1n) is 5.53. The van der Waals surface area contributed by atoms with Gasteiger partial charge in [-0.15, -0.1) is 0 Å². The summed E-state index contributed by atoms with van der Waals surface area (Å²) >= 11 is 5.94. The molecule has 0 bridgehead atoms. The lowest BCUT2D eigenvalue weighted by molar-refractivity contribution is 0.115. The van der Waals surface area contributed by atoms with E-state index in [2.05, 4.69) is 0 Å². The van der Waals surface area contributed by atoms with Gasteiger partial charge in [-0.3, -0.25) is 0 Å². The molecule has 1 heterocycles. The molecule has 0 spiro atoms. The van der Waals surface area contributed by atoms with Gasteiger partial charge in [0, 0.05) is 25.9 Å². The standard InChI is InChI=1S/C11H15ClN2O3S/c1-17-9-4-5-14(7-9)18(15,16)11-6-8(13)2-3-10(11)12/h2-3,6,9H,4-5,7,13H2,1H3. The minimum atomic E-state index is -3.59. The van der Waals surface area contributed by atoms with E-state index in [4.69, 9.17) is 22.1 Å². The Morgan fingerprint density at radius 2 is 2.22 bits per heavy atom. The van der Waals surface area contributed by atoms with Crippen LogP contribution >= 0.6 is 11.6 Å². The summed E-state index contributed by atoms with van der Waals surface area (Å²) in [6.07, 6.45) is 0.634. The first-order valence-corrected chi connectivity index (χ1v) is 7.35. The van der Waals surface area contributed by atoms with Gasteiger partial charge in [0.05, 0.1) is 11.1 Å². The van der Waals surface area contributed by atoms with E-state index in [1.165, 1.54) is 16.4 Å². The van der Waals surface area contributed by atoms with Crippen LogP contribution in [-0.4, -0.2) is 39.0 Å². The number of halogens is 1. The van der Waals surface area contributed by atoms with Gasteiger partial charge in [0.25, 0.3) is 0 Å². The number of hydrogen-bond donors (Lipinski definition) is 1. The van der Waals surface area contributed by atoms with Crippen molar-refractivity contribution in [1.29, 1.82) is 0 Å². The number of hydrogen-bond acceptors (Lipinski definition) is 4. The van der Waals surface area contributed by atoms with Gasteiger partial charge >= 0.3 is 0 Å². The van der Waals surface area contributed by atoms with Crippen molar-refractivity contribution in [1.82, 2.24) is 4.31 Å². The van der Waals surface area contributed by atoms with Gasteiger partial charge in [-0.1, -0.05) is 11.6 Å². The molecule has 1 fully saturated rings. The molecule has 1 saturated heterocycles. The molecule has 2 N–H and O–H groups in total. The normalized spacial score (nSPS) is 21.3. The third-order valence-corrected chi connectivity index (χ3v) is 5.36. The zero-order valence-electron chi connectivity index (χ0n) is 9.97. The Bertz CT molecular complexity index is 547. The number of ether oxygens (including phenoxy) is 1. The molecule has 2 rings (SSSR count). The van der Waals surface area contributed by atoms with Gasteiger partial charge in [0.15, 0.2) is 0 Å². The lowest BCUT2D eigenvalue weighted by Crippen LogP contribution is -2.30. The molecule has 1 aliphatic rings. The maximum Gasteiger partial charge on any atom is 0.244 e. The Morgan fingerprint density at radius 1 is 1.50 bits per heavy atom. The van der Waals surface area contributed by atoms with Gasteiger partial charge in [-0.05, 0) is 24.6 Å². The molecule has 1 atom stereocenters. The van der Waals surface area contributed by atoms with Crippen molar-refractivity contribution in [2.75, 3.05) is 25.9 Å². The number of sulfonamides is 1. The number of nitrogen functional groups attached to an aromatic ring is 1. The molecule has 100 valence electrons. The van der Waals surface area contributed by atoms with Crippen molar-refractivity contribution in [2.45, 2.75) is 17.4 Å². The maximum absolute atomic E-state index is 12.4. The van der Waals surface area contributed by atoms with Crippen molar-refractivity contribution in [3.05, 3.63) is 23.2 Å². The first kappa shape index (κ1) is 13.6. The summed E-state index contributed by atoms with van der Waals surface area (Å²) < 4.78 is 31.3. The molecule has 1 aromatic rings. The lowest BCUT2D eigenvalue weighted by Gasteiger charge is -2.17. The van der Waals surface area contributed by atoms with Crippen molar-refractivity contribution in [3.8, 4) is 0 Å². The molecular formula is C11H15ClN2O3S. The molecule has 0 aliphatic carbocycles. The van der Waals surface area contributed by atoms with E-state index in [1.54, 1.807) is 13.2 Å². The predicted molar refractivity (Wildman–Crippen MR) is 70.0 cm³/mol. The van der Waals surface area contributed by atoms with Gasteiger partial charge in [-0.25, -0.2) is 8.42 Å². The summed E-state index contributed by atoms with van der Waals surface area (Å²) in [5, 5.41) is 0.185. The van der Waals surface area contributed by atoms with Gasteiger partial charge < -0.3 is 10.5 Å². The largest absolute Gasteiger partial charge is 0.399 e. The van der Waals surface area contributed by atoms with Crippen molar-refractivity contribution >= 4 is 27.3 Å². The van der Waals surface area contributed by atoms with Crippen LogP contribution in [0.15, 0.2) is 23.1 Å². The SMILES string of the molecule is COC1CCN(S(=O)(=O)c2cc(N)ccc2Cl)C1. The van der Waals surface area contributed by atoms with Crippen LogP contribution in [0.4, 0.5) is 5.69 Å². The van der Waals surface area contributed by atoms with Gasteiger partial charge in [0.2, 0.25) is 10.0 Å². The van der Waals surface area contributed by atoms with Gasteiger partial charge in [-0.2, -0.15) is 4.31 Å². The second-order valence-electron chi connectivity index (χ2n) is 4.20. The molecule has 0 radical (unpaired) electrons. The summed E-state index contributed by atoms with van der Waals surface area (Å²) in [6.45, 7) is 0.788. The molecule has 18 heavy (non-hydrogen) atoms. The van der Waals surface area contributed by atoms with Crippen LogP contribution in [0, 0.1) is 0 Å². The molecule has 7 heteroatoms. The molecule has 0 saturated carbocycles. The van der Waals surface area contributed by atoms with E-state index in [-0.39, 0.29) is 16.0 Å². The smallest absolute Gasteiger partial charge is 0.244 e. The number of rotatable bonds is 3. The van der Waals surface area contributed by atoms with Crippen molar-refractivity contribution in [3.63, 3.8) is 0 Å². The molecule has 1 unspecified atom stereocenters. The third-order valence-electron chi connectivity index (χ3n) is 3.01. The summed E-state index contributed by atoms with van der Waals surface area (Å²) in [5.41, 5.74) is 5.99. The van der Waals surface area contributed by atoms with E-state index >= 15 is 0 Å². The Labute approximate surface area is 112 Å². The van der Waals surface area contributed by atoms with Crippen LogP contribution < -0.4 is 5.73 Å². The van der Waals surface area contributed by atoms with Crippen LogP contribution in [0.25, 0.3) is 0 Å². The van der Waals surface area contributed by atoms with E-state index < -0.39 is 10.0 Å². The minimum Gasteiger partial charge on any atom is -0.399 e. The second-order valence-corrected chi connectivity index (χ2v) is 6.51. The topological polar surface area (TPSA) is 72.6 Å². The molecule has 5 nitrogen and oxygen atoms in total. The van der Waals surface area contributed by atoms with Crippen LogP contribution in [0.5, 0.6) is 0 Å². The van der Waals surface area contributed by atoms with E-state index in [0.29, 0.717) is 25.2 Å². The minimum absolute atomic E-state index is 0.0559. The Balaban J connectivity index is 2.34. The molecular weight excluding hydrogens is 276 g/mol. The zero-order chi connectivity index (χ0) is 13.3. The molecule has 0 aromatic heterocycles. The van der Waals surface area contributed by atoms with Crippen LogP contribution in [-0.2, 0) is 14.8 Å². The molecule has 1 aromatic carbocycles. The second kappa shape index (κ2) is 5.05. The van der Waals surface area contributed by atoms with Gasteiger partial charge in [0.1, 0.15) is 4.90 Å². The average molecular weight is 291 g/mol. The zero-order valence-corrected chi connectivity index (χ0v) is 11.5. The highest BCUT2D eigenvalue weighted by Crippen LogP contribution is 2.29. The van der Waals surface area contributed by atoms with Crippen molar-refractivity contribution in [2.24, 2.45) is 0 Å².